The highest BCUT2D eigenvalue weighted by Crippen LogP contribution is 2.14. The van der Waals surface area contributed by atoms with Crippen LogP contribution in [0.2, 0.25) is 0 Å². The van der Waals surface area contributed by atoms with Gasteiger partial charge in [0.25, 0.3) is 0 Å². The molecule has 10 heteroatoms. The van der Waals surface area contributed by atoms with Crippen molar-refractivity contribution >= 4 is 24.2 Å². The largest absolute Gasteiger partial charge is 0.492 e. The third-order valence-corrected chi connectivity index (χ3v) is 3.37. The minimum Gasteiger partial charge on any atom is -0.492 e. The molecule has 1 aromatic rings. The number of hydrogen-bond acceptors (Lipinski definition) is 6. The Morgan fingerprint density at radius 2 is 1.54 bits per heavy atom. The topological polar surface area (TPSA) is 134 Å². The van der Waals surface area contributed by atoms with Crippen LogP contribution in [0.25, 0.3) is 0 Å². The van der Waals surface area contributed by atoms with Crippen LogP contribution in [0, 0.1) is 0 Å². The predicted octanol–water partition coefficient (Wildman–Crippen LogP) is 2.66. The molecule has 0 bridgehead atoms. The molecule has 0 atom stereocenters. The quantitative estimate of drug-likeness (QED) is 0.749. The minimum atomic E-state index is -1.58. The normalized spacial score (nSPS) is 10.7. The van der Waals surface area contributed by atoms with Crippen molar-refractivity contribution in [2.75, 3.05) is 20.2 Å². The third-order valence-electron chi connectivity index (χ3n) is 3.37. The van der Waals surface area contributed by atoms with E-state index in [1.165, 1.54) is 7.05 Å². The summed E-state index contributed by atoms with van der Waals surface area (Å²) in [6.07, 6.45) is -3.93. The lowest BCUT2D eigenvalue weighted by molar-refractivity contribution is -0.128. The SMILES string of the molecule is CN(C(=O)Cc1ccc(OCCN(C(=O)O)C(=O)O)cc1)C(=O)OC(C)(C)C. The summed E-state index contributed by atoms with van der Waals surface area (Å²) in [4.78, 5) is 46.6. The van der Waals surface area contributed by atoms with Gasteiger partial charge in [-0.05, 0) is 38.5 Å². The summed E-state index contributed by atoms with van der Waals surface area (Å²) >= 11 is 0. The smallest absolute Gasteiger partial charge is 0.416 e. The molecule has 1 aromatic carbocycles. The van der Waals surface area contributed by atoms with Crippen molar-refractivity contribution in [3.63, 3.8) is 0 Å². The molecule has 28 heavy (non-hydrogen) atoms. The molecule has 0 aliphatic heterocycles. The van der Waals surface area contributed by atoms with Gasteiger partial charge < -0.3 is 19.7 Å². The standard InChI is InChI=1S/C18H24N2O8/c1-18(2,3)28-17(26)19(4)14(21)11-12-5-7-13(8-6-12)27-10-9-20(15(22)23)16(24)25/h5-8H,9-11H2,1-4H3,(H,22,23)(H,24,25). The first-order valence-corrected chi connectivity index (χ1v) is 8.35. The van der Waals surface area contributed by atoms with Gasteiger partial charge in [0.1, 0.15) is 18.0 Å². The van der Waals surface area contributed by atoms with Crippen LogP contribution in [0.3, 0.4) is 0 Å². The molecule has 0 saturated heterocycles. The predicted molar refractivity (Wildman–Crippen MR) is 97.4 cm³/mol. The summed E-state index contributed by atoms with van der Waals surface area (Å²) in [5.74, 6) is -0.0612. The fourth-order valence-electron chi connectivity index (χ4n) is 1.96. The van der Waals surface area contributed by atoms with Gasteiger partial charge >= 0.3 is 18.3 Å². The molecule has 0 aliphatic rings. The lowest BCUT2D eigenvalue weighted by Gasteiger charge is -2.23. The van der Waals surface area contributed by atoms with E-state index in [-0.39, 0.29) is 24.5 Å². The Morgan fingerprint density at radius 3 is 2.00 bits per heavy atom. The summed E-state index contributed by atoms with van der Waals surface area (Å²) in [5.41, 5.74) is -0.0768. The van der Waals surface area contributed by atoms with Crippen LogP contribution in [0.15, 0.2) is 24.3 Å². The van der Waals surface area contributed by atoms with E-state index in [2.05, 4.69) is 0 Å². The van der Waals surface area contributed by atoms with E-state index in [9.17, 15) is 19.2 Å². The molecular weight excluding hydrogens is 372 g/mol. The number of amides is 4. The maximum atomic E-state index is 12.2. The van der Waals surface area contributed by atoms with E-state index < -0.39 is 29.8 Å². The highest BCUT2D eigenvalue weighted by molar-refractivity contribution is 5.92. The maximum absolute atomic E-state index is 12.2. The van der Waals surface area contributed by atoms with E-state index in [0.717, 1.165) is 4.90 Å². The van der Waals surface area contributed by atoms with Crippen LogP contribution in [0.5, 0.6) is 5.75 Å². The molecule has 2 N–H and O–H groups in total. The Bertz CT molecular complexity index is 710. The molecule has 1 rings (SSSR count). The van der Waals surface area contributed by atoms with Crippen molar-refractivity contribution in [1.82, 2.24) is 9.80 Å². The molecule has 4 amide bonds. The molecule has 0 aliphatic carbocycles. The molecular formula is C18H24N2O8. The minimum absolute atomic E-state index is 0.0260. The second kappa shape index (κ2) is 9.58. The lowest BCUT2D eigenvalue weighted by Crippen LogP contribution is -2.38. The number of imide groups is 2. The average molecular weight is 396 g/mol. The zero-order valence-corrected chi connectivity index (χ0v) is 16.2. The number of carbonyl (C=O) groups is 4. The number of ether oxygens (including phenoxy) is 2. The number of rotatable bonds is 6. The Morgan fingerprint density at radius 1 is 1.00 bits per heavy atom. The first-order valence-electron chi connectivity index (χ1n) is 8.35. The molecule has 0 fully saturated rings. The van der Waals surface area contributed by atoms with E-state index in [0.29, 0.717) is 11.3 Å². The summed E-state index contributed by atoms with van der Waals surface area (Å²) in [7, 11) is 1.34. The first kappa shape index (κ1) is 22.7. The molecule has 154 valence electrons. The molecule has 10 nitrogen and oxygen atoms in total. The van der Waals surface area contributed by atoms with Crippen molar-refractivity contribution in [3.8, 4) is 5.75 Å². The fraction of sp³-hybridized carbons (Fsp3) is 0.444. The zero-order valence-electron chi connectivity index (χ0n) is 16.2. The van der Waals surface area contributed by atoms with E-state index in [1.807, 2.05) is 0 Å². The second-order valence-electron chi connectivity index (χ2n) is 6.82. The van der Waals surface area contributed by atoms with E-state index in [1.54, 1.807) is 45.0 Å². The molecule has 0 heterocycles. The highest BCUT2D eigenvalue weighted by Gasteiger charge is 2.24. The number of carbonyl (C=O) groups excluding carboxylic acids is 2. The molecule has 0 unspecified atom stereocenters. The van der Waals surface area contributed by atoms with Gasteiger partial charge in [-0.25, -0.2) is 19.3 Å². The van der Waals surface area contributed by atoms with Gasteiger partial charge in [0.05, 0.1) is 13.0 Å². The first-order chi connectivity index (χ1) is 12.9. The molecule has 0 aromatic heterocycles. The summed E-state index contributed by atoms with van der Waals surface area (Å²) in [5, 5.41) is 17.5. The number of likely N-dealkylation sites (N-methyl/N-ethyl adjacent to an activating group) is 1. The van der Waals surface area contributed by atoms with Crippen LogP contribution >= 0.6 is 0 Å². The van der Waals surface area contributed by atoms with Gasteiger partial charge in [-0.1, -0.05) is 12.1 Å². The summed E-state index contributed by atoms with van der Waals surface area (Å²) in [6, 6.07) is 6.34. The van der Waals surface area contributed by atoms with Crippen molar-refractivity contribution in [1.29, 1.82) is 0 Å². The van der Waals surface area contributed by atoms with Crippen LogP contribution in [0.1, 0.15) is 26.3 Å². The molecule has 0 radical (unpaired) electrons. The third kappa shape index (κ3) is 7.52. The van der Waals surface area contributed by atoms with Gasteiger partial charge in [0.15, 0.2) is 0 Å². The Kier molecular flexibility index (Phi) is 7.78. The van der Waals surface area contributed by atoms with Crippen LogP contribution < -0.4 is 4.74 Å². The van der Waals surface area contributed by atoms with Gasteiger partial charge in [-0.2, -0.15) is 0 Å². The van der Waals surface area contributed by atoms with Crippen LogP contribution in [-0.4, -0.2) is 70.0 Å². The Labute approximate surface area is 162 Å². The van der Waals surface area contributed by atoms with Crippen LogP contribution in [0.4, 0.5) is 14.4 Å². The Hall–Kier alpha value is -3.30. The van der Waals surface area contributed by atoms with Crippen molar-refractivity contribution in [2.45, 2.75) is 32.8 Å². The Balaban J connectivity index is 2.56. The summed E-state index contributed by atoms with van der Waals surface area (Å²) < 4.78 is 10.4. The number of benzene rings is 1. The van der Waals surface area contributed by atoms with Gasteiger partial charge in [0.2, 0.25) is 5.91 Å². The highest BCUT2D eigenvalue weighted by atomic mass is 16.6. The van der Waals surface area contributed by atoms with Gasteiger partial charge in [0, 0.05) is 7.05 Å². The van der Waals surface area contributed by atoms with E-state index >= 15 is 0 Å². The molecule has 0 spiro atoms. The monoisotopic (exact) mass is 396 g/mol. The average Bonchev–Trinajstić information content (AvgIpc) is 2.57. The number of nitrogens with zero attached hydrogens (tertiary/aromatic N) is 2. The zero-order chi connectivity index (χ0) is 21.5. The van der Waals surface area contributed by atoms with Gasteiger partial charge in [-0.3, -0.25) is 9.69 Å². The lowest BCUT2D eigenvalue weighted by atomic mass is 10.1. The maximum Gasteiger partial charge on any atom is 0.416 e. The van der Waals surface area contributed by atoms with Crippen molar-refractivity contribution in [3.05, 3.63) is 29.8 Å². The van der Waals surface area contributed by atoms with Gasteiger partial charge in [-0.15, -0.1) is 0 Å². The number of carboxylic acid groups (broad SMARTS) is 2. The molecule has 0 saturated carbocycles. The summed E-state index contributed by atoms with van der Waals surface area (Å²) in [6.45, 7) is 4.61. The van der Waals surface area contributed by atoms with Crippen molar-refractivity contribution in [2.24, 2.45) is 0 Å². The second-order valence-corrected chi connectivity index (χ2v) is 6.82. The van der Waals surface area contributed by atoms with E-state index in [4.69, 9.17) is 19.7 Å². The van der Waals surface area contributed by atoms with Crippen LogP contribution in [-0.2, 0) is 16.0 Å². The van der Waals surface area contributed by atoms with Crippen molar-refractivity contribution < 1.29 is 38.9 Å². The number of hydrogen-bond donors (Lipinski definition) is 2. The fourth-order valence-corrected chi connectivity index (χ4v) is 1.96.